The summed E-state index contributed by atoms with van der Waals surface area (Å²) in [5.41, 5.74) is 6.76. The van der Waals surface area contributed by atoms with E-state index in [4.69, 9.17) is 5.73 Å². The number of amides is 1. The van der Waals surface area contributed by atoms with E-state index in [-0.39, 0.29) is 30.4 Å². The topological polar surface area (TPSA) is 82.0 Å². The van der Waals surface area contributed by atoms with E-state index in [0.29, 0.717) is 13.1 Å². The largest absolute Gasteiger partial charge is 0.350 e. The number of aryl methyl sites for hydroxylation is 2. The fraction of sp³-hybridized carbons (Fsp3) is 0.467. The molecule has 22 heavy (non-hydrogen) atoms. The second-order valence-electron chi connectivity index (χ2n) is 5.87. The van der Waals surface area contributed by atoms with Crippen LogP contribution in [0.25, 0.3) is 11.0 Å². The summed E-state index contributed by atoms with van der Waals surface area (Å²) in [6, 6.07) is 7.56. The van der Waals surface area contributed by atoms with E-state index in [1.165, 1.54) is 0 Å². The lowest BCUT2D eigenvalue weighted by Gasteiger charge is -2.24. The number of nitrogens with zero attached hydrogens (tertiary/aromatic N) is 2. The minimum Gasteiger partial charge on any atom is -0.350 e. The maximum Gasteiger partial charge on any atom is 0.328 e. The number of benzene rings is 1. The Bertz CT molecular complexity index is 718. The average molecular weight is 327 g/mol. The Morgan fingerprint density at radius 3 is 2.45 bits per heavy atom. The van der Waals surface area contributed by atoms with Crippen molar-refractivity contribution < 1.29 is 4.79 Å². The smallest absolute Gasteiger partial charge is 0.328 e. The lowest BCUT2D eigenvalue weighted by molar-refractivity contribution is -0.122. The standard InChI is InChI=1S/C15H22N4O2.ClH/c1-15(2,10-16)17-13(20)8-9-19-12-7-5-4-6-11(12)18(3)14(19)21;/h4-7H,8-10,16H2,1-3H3,(H,17,20);1H. The highest BCUT2D eigenvalue weighted by Crippen LogP contribution is 2.11. The number of halogens is 1. The summed E-state index contributed by atoms with van der Waals surface area (Å²) in [6.45, 7) is 4.46. The first-order valence-electron chi connectivity index (χ1n) is 7.01. The highest BCUT2D eigenvalue weighted by Gasteiger charge is 2.18. The number of carbonyl (C=O) groups excluding carboxylic acids is 1. The van der Waals surface area contributed by atoms with Gasteiger partial charge in [-0.2, -0.15) is 0 Å². The molecule has 2 rings (SSSR count). The van der Waals surface area contributed by atoms with E-state index in [9.17, 15) is 9.59 Å². The molecular weight excluding hydrogens is 304 g/mol. The molecule has 0 aliphatic rings. The maximum absolute atomic E-state index is 12.2. The van der Waals surface area contributed by atoms with Crippen molar-refractivity contribution in [1.82, 2.24) is 14.5 Å². The molecule has 0 radical (unpaired) electrons. The number of para-hydroxylation sites is 2. The van der Waals surface area contributed by atoms with Gasteiger partial charge in [0.1, 0.15) is 0 Å². The van der Waals surface area contributed by atoms with Gasteiger partial charge < -0.3 is 11.1 Å². The van der Waals surface area contributed by atoms with Crippen LogP contribution < -0.4 is 16.7 Å². The zero-order valence-corrected chi connectivity index (χ0v) is 13.9. The van der Waals surface area contributed by atoms with E-state index < -0.39 is 5.54 Å². The first-order chi connectivity index (χ1) is 9.85. The van der Waals surface area contributed by atoms with Crippen LogP contribution in [0.15, 0.2) is 29.1 Å². The quantitative estimate of drug-likeness (QED) is 0.860. The Hall–Kier alpha value is -1.79. The van der Waals surface area contributed by atoms with Gasteiger partial charge in [0.05, 0.1) is 11.0 Å². The Kier molecular flexibility index (Phi) is 5.79. The van der Waals surface area contributed by atoms with Crippen LogP contribution >= 0.6 is 12.4 Å². The summed E-state index contributed by atoms with van der Waals surface area (Å²) < 4.78 is 3.22. The number of aromatic nitrogens is 2. The number of nitrogens with one attached hydrogen (secondary N) is 1. The molecule has 0 saturated carbocycles. The molecule has 7 heteroatoms. The van der Waals surface area contributed by atoms with Gasteiger partial charge in [-0.05, 0) is 26.0 Å². The fourth-order valence-electron chi connectivity index (χ4n) is 2.28. The van der Waals surface area contributed by atoms with Gasteiger partial charge in [0, 0.05) is 32.1 Å². The number of hydrogen-bond donors (Lipinski definition) is 2. The van der Waals surface area contributed by atoms with Crippen molar-refractivity contribution in [2.75, 3.05) is 6.54 Å². The van der Waals surface area contributed by atoms with Crippen molar-refractivity contribution in [1.29, 1.82) is 0 Å². The van der Waals surface area contributed by atoms with Gasteiger partial charge in [-0.15, -0.1) is 12.4 Å². The Morgan fingerprint density at radius 2 is 1.86 bits per heavy atom. The monoisotopic (exact) mass is 326 g/mol. The number of hydrogen-bond acceptors (Lipinski definition) is 3. The third-order valence-electron chi connectivity index (χ3n) is 3.60. The number of nitrogens with two attached hydrogens (primary N) is 1. The minimum absolute atomic E-state index is 0. The molecule has 0 saturated heterocycles. The summed E-state index contributed by atoms with van der Waals surface area (Å²) >= 11 is 0. The zero-order chi connectivity index (χ0) is 15.6. The number of rotatable bonds is 5. The molecule has 0 aliphatic heterocycles. The van der Waals surface area contributed by atoms with E-state index in [1.54, 1.807) is 16.2 Å². The van der Waals surface area contributed by atoms with Crippen LogP contribution in [0.4, 0.5) is 0 Å². The van der Waals surface area contributed by atoms with Gasteiger partial charge in [-0.3, -0.25) is 13.9 Å². The molecule has 0 fully saturated rings. The molecule has 0 spiro atoms. The molecule has 1 heterocycles. The van der Waals surface area contributed by atoms with Crippen molar-refractivity contribution >= 4 is 29.3 Å². The highest BCUT2D eigenvalue weighted by molar-refractivity contribution is 5.85. The molecular formula is C15H23ClN4O2. The van der Waals surface area contributed by atoms with Crippen molar-refractivity contribution in [2.45, 2.75) is 32.4 Å². The first-order valence-corrected chi connectivity index (χ1v) is 7.01. The van der Waals surface area contributed by atoms with E-state index in [2.05, 4.69) is 5.32 Å². The van der Waals surface area contributed by atoms with Crippen LogP contribution in [0.1, 0.15) is 20.3 Å². The van der Waals surface area contributed by atoms with Gasteiger partial charge in [-0.25, -0.2) is 4.79 Å². The molecule has 2 aromatic rings. The van der Waals surface area contributed by atoms with Gasteiger partial charge in [0.15, 0.2) is 0 Å². The summed E-state index contributed by atoms with van der Waals surface area (Å²) in [5.74, 6) is -0.106. The van der Waals surface area contributed by atoms with E-state index >= 15 is 0 Å². The Morgan fingerprint density at radius 1 is 1.27 bits per heavy atom. The Labute approximate surface area is 135 Å². The van der Waals surface area contributed by atoms with E-state index in [1.807, 2.05) is 38.1 Å². The fourth-order valence-corrected chi connectivity index (χ4v) is 2.28. The van der Waals surface area contributed by atoms with Gasteiger partial charge in [0.2, 0.25) is 5.91 Å². The van der Waals surface area contributed by atoms with Crippen molar-refractivity contribution in [3.63, 3.8) is 0 Å². The molecule has 122 valence electrons. The molecule has 6 nitrogen and oxygen atoms in total. The van der Waals surface area contributed by atoms with Gasteiger partial charge in [0.25, 0.3) is 0 Å². The molecule has 3 N–H and O–H groups in total. The third kappa shape index (κ3) is 3.69. The molecule has 0 aliphatic carbocycles. The maximum atomic E-state index is 12.2. The summed E-state index contributed by atoms with van der Waals surface area (Å²) in [6.07, 6.45) is 0.247. The van der Waals surface area contributed by atoms with Crippen LogP contribution in [0.3, 0.4) is 0 Å². The first kappa shape index (κ1) is 18.3. The molecule has 1 amide bonds. The second-order valence-corrected chi connectivity index (χ2v) is 5.87. The van der Waals surface area contributed by atoms with Gasteiger partial charge >= 0.3 is 5.69 Å². The third-order valence-corrected chi connectivity index (χ3v) is 3.60. The summed E-state index contributed by atoms with van der Waals surface area (Å²) in [7, 11) is 1.73. The predicted molar refractivity (Wildman–Crippen MR) is 90.3 cm³/mol. The van der Waals surface area contributed by atoms with Crippen LogP contribution in [0, 0.1) is 0 Å². The van der Waals surface area contributed by atoms with Crippen LogP contribution in [0.5, 0.6) is 0 Å². The predicted octanol–water partition coefficient (Wildman–Crippen LogP) is 1.01. The minimum atomic E-state index is -0.430. The van der Waals surface area contributed by atoms with Crippen LogP contribution in [0.2, 0.25) is 0 Å². The Balaban J connectivity index is 0.00000242. The lowest BCUT2D eigenvalue weighted by atomic mass is 10.1. The van der Waals surface area contributed by atoms with Crippen molar-refractivity contribution in [3.8, 4) is 0 Å². The summed E-state index contributed by atoms with van der Waals surface area (Å²) in [5, 5.41) is 2.86. The molecule has 1 aromatic heterocycles. The molecule has 1 aromatic carbocycles. The number of imidazole rings is 1. The molecule has 0 bridgehead atoms. The SMILES string of the molecule is Cl.Cn1c(=O)n(CCC(=O)NC(C)(C)CN)c2ccccc21. The lowest BCUT2D eigenvalue weighted by Crippen LogP contribution is -2.49. The normalized spacial score (nSPS) is 11.3. The second kappa shape index (κ2) is 6.98. The number of carbonyl (C=O) groups is 1. The van der Waals surface area contributed by atoms with Crippen LogP contribution in [-0.4, -0.2) is 27.1 Å². The highest BCUT2D eigenvalue weighted by atomic mass is 35.5. The number of fused-ring (bicyclic) bond motifs is 1. The van der Waals surface area contributed by atoms with E-state index in [0.717, 1.165) is 11.0 Å². The summed E-state index contributed by atoms with van der Waals surface area (Å²) in [4.78, 5) is 24.2. The van der Waals surface area contributed by atoms with Gasteiger partial charge in [-0.1, -0.05) is 12.1 Å². The van der Waals surface area contributed by atoms with Crippen LogP contribution in [-0.2, 0) is 18.4 Å². The van der Waals surface area contributed by atoms with Crippen molar-refractivity contribution in [3.05, 3.63) is 34.7 Å². The zero-order valence-electron chi connectivity index (χ0n) is 13.1. The average Bonchev–Trinajstić information content (AvgIpc) is 2.69. The molecule has 0 unspecified atom stereocenters. The van der Waals surface area contributed by atoms with Crippen molar-refractivity contribution in [2.24, 2.45) is 12.8 Å². The molecule has 0 atom stereocenters.